The fourth-order valence-electron chi connectivity index (χ4n) is 2.39. The second-order valence-corrected chi connectivity index (χ2v) is 5.61. The molecule has 1 aromatic carbocycles. The van der Waals surface area contributed by atoms with E-state index >= 15 is 0 Å². The largest absolute Gasteiger partial charge is 0.397 e. The third-order valence-electron chi connectivity index (χ3n) is 3.97. The number of nitrogens with zero attached hydrogens (tertiary/aromatic N) is 2. The van der Waals surface area contributed by atoms with Crippen LogP contribution in [0.1, 0.15) is 0 Å². The molecular weight excluding hydrogens is 224 g/mol. The van der Waals surface area contributed by atoms with Crippen molar-refractivity contribution in [2.75, 3.05) is 64.4 Å². The highest BCUT2D eigenvalue weighted by Crippen LogP contribution is 2.16. The molecule has 0 aromatic heterocycles. The first-order valence-electron chi connectivity index (χ1n) is 6.70. The van der Waals surface area contributed by atoms with Gasteiger partial charge in [0.15, 0.2) is 0 Å². The number of nitrogen functional groups attached to an aromatic ring is 1. The average molecular weight is 249 g/mol. The summed E-state index contributed by atoms with van der Waals surface area (Å²) in [5.74, 6) is 0. The van der Waals surface area contributed by atoms with Crippen LogP contribution in [0.4, 0.5) is 11.4 Å². The van der Waals surface area contributed by atoms with Gasteiger partial charge in [0, 0.05) is 13.1 Å². The topological polar surface area (TPSA) is 41.3 Å². The minimum atomic E-state index is 0.832. The van der Waals surface area contributed by atoms with Gasteiger partial charge >= 0.3 is 0 Å². The Labute approximate surface area is 110 Å². The number of nitrogens with one attached hydrogen (secondary N) is 1. The molecule has 2 rings (SSSR count). The number of piperazine rings is 1. The lowest BCUT2D eigenvalue weighted by atomic mass is 10.2. The van der Waals surface area contributed by atoms with E-state index in [0.717, 1.165) is 28.9 Å². The number of para-hydroxylation sites is 2. The minimum absolute atomic E-state index is 0.832. The third kappa shape index (κ3) is 3.37. The molecule has 1 heterocycles. The number of benzene rings is 1. The van der Waals surface area contributed by atoms with Gasteiger partial charge in [0.25, 0.3) is 0 Å². The molecule has 0 unspecified atom stereocenters. The highest BCUT2D eigenvalue weighted by Gasteiger charge is 2.26. The van der Waals surface area contributed by atoms with Crippen LogP contribution in [0, 0.1) is 0 Å². The number of nitrogens with two attached hydrogens (primary N) is 1. The van der Waals surface area contributed by atoms with Gasteiger partial charge in [-0.2, -0.15) is 0 Å². The molecule has 4 heteroatoms. The predicted molar refractivity (Wildman–Crippen MR) is 77.6 cm³/mol. The zero-order chi connectivity index (χ0) is 13.0. The summed E-state index contributed by atoms with van der Waals surface area (Å²) in [5, 5.41) is 3.44. The van der Waals surface area contributed by atoms with Gasteiger partial charge in [0.1, 0.15) is 0 Å². The maximum absolute atomic E-state index is 5.92. The molecule has 0 aliphatic carbocycles. The SMILES string of the molecule is CN1CC[N+](C)(CCNc2ccccc2N)CC1. The molecule has 1 saturated heterocycles. The molecule has 0 saturated carbocycles. The van der Waals surface area contributed by atoms with Crippen molar-refractivity contribution in [1.82, 2.24) is 4.90 Å². The summed E-state index contributed by atoms with van der Waals surface area (Å²) in [7, 11) is 4.55. The molecule has 1 fully saturated rings. The van der Waals surface area contributed by atoms with Gasteiger partial charge in [-0.05, 0) is 19.2 Å². The predicted octanol–water partition coefficient (Wildman–Crippen LogP) is 1.07. The Balaban J connectivity index is 1.80. The fourth-order valence-corrected chi connectivity index (χ4v) is 2.39. The van der Waals surface area contributed by atoms with Gasteiger partial charge in [-0.3, -0.25) is 4.90 Å². The van der Waals surface area contributed by atoms with Gasteiger partial charge in [0.05, 0.1) is 44.6 Å². The summed E-state index contributed by atoms with van der Waals surface area (Å²) < 4.78 is 1.16. The standard InChI is InChI=1S/C14H25N4/c1-17-8-11-18(2,12-9-17)10-7-16-14-6-4-3-5-13(14)15/h3-6,16H,7-12,15H2,1-2H3/q+1. The lowest BCUT2D eigenvalue weighted by Gasteiger charge is -2.41. The Bertz CT molecular complexity index is 383. The van der Waals surface area contributed by atoms with Gasteiger partial charge in [0.2, 0.25) is 0 Å². The number of anilines is 2. The van der Waals surface area contributed by atoms with E-state index in [1.165, 1.54) is 26.2 Å². The summed E-state index contributed by atoms with van der Waals surface area (Å²) in [6.07, 6.45) is 0. The molecule has 0 radical (unpaired) electrons. The monoisotopic (exact) mass is 249 g/mol. The van der Waals surface area contributed by atoms with Crippen LogP contribution in [0.5, 0.6) is 0 Å². The Morgan fingerprint density at radius 2 is 1.94 bits per heavy atom. The van der Waals surface area contributed by atoms with Crippen molar-refractivity contribution in [1.29, 1.82) is 0 Å². The molecule has 0 amide bonds. The van der Waals surface area contributed by atoms with Crippen LogP contribution in [-0.4, -0.2) is 62.7 Å². The lowest BCUT2D eigenvalue weighted by Crippen LogP contribution is -2.57. The maximum atomic E-state index is 5.92. The maximum Gasteiger partial charge on any atom is 0.0960 e. The van der Waals surface area contributed by atoms with E-state index in [9.17, 15) is 0 Å². The summed E-state index contributed by atoms with van der Waals surface area (Å²) >= 11 is 0. The van der Waals surface area contributed by atoms with Crippen molar-refractivity contribution in [3.8, 4) is 0 Å². The van der Waals surface area contributed by atoms with E-state index in [2.05, 4.69) is 24.3 Å². The van der Waals surface area contributed by atoms with Crippen molar-refractivity contribution in [2.45, 2.75) is 0 Å². The van der Waals surface area contributed by atoms with Crippen LogP contribution >= 0.6 is 0 Å². The molecule has 0 atom stereocenters. The van der Waals surface area contributed by atoms with Crippen molar-refractivity contribution < 1.29 is 4.48 Å². The van der Waals surface area contributed by atoms with E-state index < -0.39 is 0 Å². The van der Waals surface area contributed by atoms with Crippen LogP contribution in [0.2, 0.25) is 0 Å². The van der Waals surface area contributed by atoms with E-state index in [4.69, 9.17) is 5.73 Å². The molecule has 4 nitrogen and oxygen atoms in total. The van der Waals surface area contributed by atoms with Crippen molar-refractivity contribution >= 4 is 11.4 Å². The molecule has 1 aliphatic rings. The van der Waals surface area contributed by atoms with Crippen LogP contribution in [0.25, 0.3) is 0 Å². The average Bonchev–Trinajstić information content (AvgIpc) is 2.36. The molecule has 3 N–H and O–H groups in total. The van der Waals surface area contributed by atoms with E-state index in [0.29, 0.717) is 0 Å². The third-order valence-corrected chi connectivity index (χ3v) is 3.97. The number of quaternary nitrogens is 1. The normalized spacial score (nSPS) is 19.7. The van der Waals surface area contributed by atoms with Gasteiger partial charge in [-0.25, -0.2) is 0 Å². The zero-order valence-corrected chi connectivity index (χ0v) is 11.5. The molecule has 0 spiro atoms. The van der Waals surface area contributed by atoms with Crippen LogP contribution in [0.15, 0.2) is 24.3 Å². The highest BCUT2D eigenvalue weighted by atomic mass is 15.4. The van der Waals surface area contributed by atoms with Crippen molar-refractivity contribution in [2.24, 2.45) is 0 Å². The van der Waals surface area contributed by atoms with E-state index in [1.54, 1.807) is 0 Å². The highest BCUT2D eigenvalue weighted by molar-refractivity contribution is 5.65. The van der Waals surface area contributed by atoms with Crippen LogP contribution in [-0.2, 0) is 0 Å². The Hall–Kier alpha value is -1.26. The van der Waals surface area contributed by atoms with Crippen molar-refractivity contribution in [3.63, 3.8) is 0 Å². The quantitative estimate of drug-likeness (QED) is 0.619. The second-order valence-electron chi connectivity index (χ2n) is 5.61. The summed E-state index contributed by atoms with van der Waals surface area (Å²) in [6.45, 7) is 7.01. The van der Waals surface area contributed by atoms with Crippen LogP contribution in [0.3, 0.4) is 0 Å². The first kappa shape index (κ1) is 13.2. The Morgan fingerprint density at radius 1 is 1.28 bits per heavy atom. The number of likely N-dealkylation sites (N-methyl/N-ethyl adjacent to an activating group) is 2. The Kier molecular flexibility index (Phi) is 4.09. The van der Waals surface area contributed by atoms with Gasteiger partial charge in [-0.1, -0.05) is 12.1 Å². The van der Waals surface area contributed by atoms with Crippen LogP contribution < -0.4 is 11.1 Å². The minimum Gasteiger partial charge on any atom is -0.397 e. The first-order valence-corrected chi connectivity index (χ1v) is 6.70. The smallest absolute Gasteiger partial charge is 0.0960 e. The van der Waals surface area contributed by atoms with Crippen molar-refractivity contribution in [3.05, 3.63) is 24.3 Å². The van der Waals surface area contributed by atoms with E-state index in [1.807, 2.05) is 24.3 Å². The molecular formula is C14H25N4+. The van der Waals surface area contributed by atoms with Gasteiger partial charge < -0.3 is 15.5 Å². The lowest BCUT2D eigenvalue weighted by molar-refractivity contribution is -0.911. The van der Waals surface area contributed by atoms with E-state index in [-0.39, 0.29) is 0 Å². The second kappa shape index (κ2) is 5.59. The summed E-state index contributed by atoms with van der Waals surface area (Å²) in [5.41, 5.74) is 7.80. The molecule has 1 aromatic rings. The molecule has 1 aliphatic heterocycles. The number of rotatable bonds is 4. The molecule has 18 heavy (non-hydrogen) atoms. The molecule has 0 bridgehead atoms. The first-order chi connectivity index (χ1) is 8.59. The van der Waals surface area contributed by atoms with Gasteiger partial charge in [-0.15, -0.1) is 0 Å². The fraction of sp³-hybridized carbons (Fsp3) is 0.571. The number of hydrogen-bond donors (Lipinski definition) is 2. The number of hydrogen-bond acceptors (Lipinski definition) is 3. The Morgan fingerprint density at radius 3 is 2.61 bits per heavy atom. The summed E-state index contributed by atoms with van der Waals surface area (Å²) in [4.78, 5) is 2.41. The zero-order valence-electron chi connectivity index (χ0n) is 11.5. The molecule has 100 valence electrons. The summed E-state index contributed by atoms with van der Waals surface area (Å²) in [6, 6.07) is 7.97.